The van der Waals surface area contributed by atoms with Crippen LogP contribution in [0.4, 0.5) is 29.0 Å². The Balaban J connectivity index is 0.00000400. The molecule has 1 aliphatic heterocycles. The third-order valence-corrected chi connectivity index (χ3v) is 5.78. The maximum Gasteiger partial charge on any atom is 0.256 e. The molecule has 1 amide bonds. The van der Waals surface area contributed by atoms with Gasteiger partial charge in [0.25, 0.3) is 5.91 Å². The van der Waals surface area contributed by atoms with Crippen molar-refractivity contribution in [3.05, 3.63) is 66.4 Å². The Labute approximate surface area is 217 Å². The summed E-state index contributed by atoms with van der Waals surface area (Å²) in [6, 6.07) is 10.9. The molecular weight excluding hydrogens is 470 g/mol. The minimum absolute atomic E-state index is 0. The number of anilines is 5. The van der Waals surface area contributed by atoms with Gasteiger partial charge in [-0.05, 0) is 37.7 Å². The number of carbonyl (C=O) groups is 1. The van der Waals surface area contributed by atoms with Crippen LogP contribution < -0.4 is 26.0 Å². The Hall–Kier alpha value is -4.51. The Morgan fingerprint density at radius 3 is 2.89 bits per heavy atom. The number of benzene rings is 1. The van der Waals surface area contributed by atoms with Crippen molar-refractivity contribution in [3.8, 4) is 5.88 Å². The first-order valence-corrected chi connectivity index (χ1v) is 11.9. The van der Waals surface area contributed by atoms with Gasteiger partial charge in [-0.25, -0.2) is 4.98 Å². The number of amides is 1. The summed E-state index contributed by atoms with van der Waals surface area (Å²) in [6.07, 6.45) is 5.34. The van der Waals surface area contributed by atoms with E-state index in [9.17, 15) is 4.79 Å². The van der Waals surface area contributed by atoms with Crippen LogP contribution in [-0.2, 0) is 0 Å². The van der Waals surface area contributed by atoms with Crippen LogP contribution in [0.15, 0.2) is 55.3 Å². The van der Waals surface area contributed by atoms with Crippen LogP contribution >= 0.6 is 0 Å². The number of pyridine rings is 1. The summed E-state index contributed by atoms with van der Waals surface area (Å²) in [4.78, 5) is 28.4. The molecule has 4 rings (SSSR count). The molecule has 11 nitrogen and oxygen atoms in total. The number of rotatable bonds is 11. The third kappa shape index (κ3) is 6.58. The van der Waals surface area contributed by atoms with E-state index < -0.39 is 0 Å². The average Bonchev–Trinajstić information content (AvgIpc) is 3.31. The van der Waals surface area contributed by atoms with Crippen LogP contribution in [0.1, 0.15) is 23.8 Å². The summed E-state index contributed by atoms with van der Waals surface area (Å²) >= 11 is 0. The van der Waals surface area contributed by atoms with Crippen molar-refractivity contribution >= 4 is 41.1 Å². The van der Waals surface area contributed by atoms with Gasteiger partial charge < -0.3 is 36.3 Å². The molecular formula is C26H33N9O2. The molecule has 1 aromatic carbocycles. The lowest BCUT2D eigenvalue weighted by Gasteiger charge is -2.15. The molecule has 0 saturated carbocycles. The van der Waals surface area contributed by atoms with Gasteiger partial charge >= 0.3 is 0 Å². The van der Waals surface area contributed by atoms with Gasteiger partial charge in [0.15, 0.2) is 0 Å². The van der Waals surface area contributed by atoms with E-state index in [2.05, 4.69) is 54.7 Å². The summed E-state index contributed by atoms with van der Waals surface area (Å²) in [7, 11) is 3.86. The molecule has 0 aliphatic carbocycles. The Kier molecular flexibility index (Phi) is 8.26. The van der Waals surface area contributed by atoms with E-state index in [1.54, 1.807) is 19.2 Å². The zero-order chi connectivity index (χ0) is 26.2. The monoisotopic (exact) mass is 503 g/mol. The molecule has 0 unspecified atom stereocenters. The number of carbonyl (C=O) groups excluding carboxylic acids is 1. The first kappa shape index (κ1) is 25.6. The second-order valence-electron chi connectivity index (χ2n) is 8.55. The number of likely N-dealkylation sites (N-methyl/N-ethyl adjacent to an activating group) is 1. The zero-order valence-electron chi connectivity index (χ0n) is 20.9. The molecule has 3 heterocycles. The van der Waals surface area contributed by atoms with Crippen LogP contribution in [0, 0.1) is 5.41 Å². The highest BCUT2D eigenvalue weighted by Gasteiger charge is 2.22. The van der Waals surface area contributed by atoms with E-state index in [1.807, 2.05) is 30.3 Å². The fourth-order valence-corrected chi connectivity index (χ4v) is 3.91. The van der Waals surface area contributed by atoms with E-state index in [-0.39, 0.29) is 30.8 Å². The average molecular weight is 504 g/mol. The van der Waals surface area contributed by atoms with E-state index in [0.717, 1.165) is 25.2 Å². The van der Waals surface area contributed by atoms with Crippen LogP contribution in [0.3, 0.4) is 0 Å². The zero-order valence-corrected chi connectivity index (χ0v) is 20.9. The molecule has 11 heteroatoms. The minimum atomic E-state index is -0.347. The summed E-state index contributed by atoms with van der Waals surface area (Å²) in [5, 5.41) is 19.7. The van der Waals surface area contributed by atoms with Crippen LogP contribution in [0.5, 0.6) is 5.88 Å². The van der Waals surface area contributed by atoms with Gasteiger partial charge in [-0.1, -0.05) is 12.1 Å². The Morgan fingerprint density at radius 1 is 1.30 bits per heavy atom. The molecule has 0 radical (unpaired) electrons. The van der Waals surface area contributed by atoms with Crippen molar-refractivity contribution in [2.45, 2.75) is 12.5 Å². The second-order valence-corrected chi connectivity index (χ2v) is 8.55. The molecule has 1 aliphatic rings. The summed E-state index contributed by atoms with van der Waals surface area (Å²) < 4.78 is 6.05. The molecule has 0 spiro atoms. The highest BCUT2D eigenvalue weighted by molar-refractivity contribution is 5.99. The highest BCUT2D eigenvalue weighted by atomic mass is 16.5. The molecule has 2 aromatic heterocycles. The van der Waals surface area contributed by atoms with Crippen molar-refractivity contribution in [2.24, 2.45) is 0 Å². The van der Waals surface area contributed by atoms with Crippen LogP contribution in [-0.4, -0.2) is 71.8 Å². The lowest BCUT2D eigenvalue weighted by atomic mass is 10.1. The first-order chi connectivity index (χ1) is 18.0. The molecule has 3 aromatic rings. The summed E-state index contributed by atoms with van der Waals surface area (Å²) in [5.41, 5.74) is 2.49. The van der Waals surface area contributed by atoms with Crippen molar-refractivity contribution in [2.75, 3.05) is 49.7 Å². The quantitative estimate of drug-likeness (QED) is 0.196. The number of hydrogen-bond donors (Lipinski definition) is 5. The number of nitrogens with one attached hydrogen (secondary N) is 5. The summed E-state index contributed by atoms with van der Waals surface area (Å²) in [6.45, 7) is 5.78. The fraction of sp³-hybridized carbons (Fsp3) is 0.269. The highest BCUT2D eigenvalue weighted by Crippen LogP contribution is 2.25. The number of aromatic nitrogens is 3. The maximum absolute atomic E-state index is 12.8. The molecule has 1 saturated heterocycles. The standard InChI is InChI=1S/C26H31N9O2.H2/c1-4-11-29-25(36)20-15-30-26(31-18-8-9-21(28-2)17(13-18)14-27)34-24(20)33-22-6-5-7-23(32-22)37-19-10-12-35(3)16-19;/h4-9,13-15,19,27-28H,1,10-12,16H2,2-3H3,(H,29,36)(H2,30,31,32,33,34);1H/t19-;/m0./s1. The van der Waals surface area contributed by atoms with Gasteiger partial charge in [-0.3, -0.25) is 4.79 Å². The lowest BCUT2D eigenvalue weighted by molar-refractivity contribution is 0.0958. The number of ether oxygens (including phenoxy) is 1. The molecule has 0 bridgehead atoms. The fourth-order valence-electron chi connectivity index (χ4n) is 3.91. The maximum atomic E-state index is 12.8. The van der Waals surface area contributed by atoms with E-state index in [1.165, 1.54) is 12.4 Å². The normalized spacial score (nSPS) is 15.0. The predicted octanol–water partition coefficient (Wildman–Crippen LogP) is 3.64. The third-order valence-electron chi connectivity index (χ3n) is 5.78. The SMILES string of the molecule is C=CCNC(=O)c1cnc(Nc2ccc(NC)c(C=N)c2)nc1Nc1cccc(O[C@H]2CCN(C)C2)n1.[HH]. The van der Waals surface area contributed by atoms with Crippen molar-refractivity contribution < 1.29 is 11.0 Å². The molecule has 37 heavy (non-hydrogen) atoms. The second kappa shape index (κ2) is 12.0. The number of nitrogens with zero attached hydrogens (tertiary/aromatic N) is 4. The van der Waals surface area contributed by atoms with Crippen LogP contribution in [0.25, 0.3) is 0 Å². The van der Waals surface area contributed by atoms with E-state index >= 15 is 0 Å². The molecule has 194 valence electrons. The van der Waals surface area contributed by atoms with E-state index in [0.29, 0.717) is 29.5 Å². The first-order valence-electron chi connectivity index (χ1n) is 11.9. The van der Waals surface area contributed by atoms with Gasteiger partial charge in [0.1, 0.15) is 23.3 Å². The predicted molar refractivity (Wildman–Crippen MR) is 148 cm³/mol. The molecule has 1 atom stereocenters. The van der Waals surface area contributed by atoms with Gasteiger partial charge in [0.05, 0.1) is 0 Å². The van der Waals surface area contributed by atoms with Crippen LogP contribution in [0.2, 0.25) is 0 Å². The topological polar surface area (TPSA) is 140 Å². The Morgan fingerprint density at radius 2 is 2.16 bits per heavy atom. The lowest BCUT2D eigenvalue weighted by Crippen LogP contribution is -2.25. The van der Waals surface area contributed by atoms with Gasteiger partial charge in [0, 0.05) is 63.5 Å². The van der Waals surface area contributed by atoms with Gasteiger partial charge in [0.2, 0.25) is 11.8 Å². The molecule has 5 N–H and O–H groups in total. The van der Waals surface area contributed by atoms with Gasteiger partial charge in [-0.2, -0.15) is 9.97 Å². The molecule has 1 fully saturated rings. The number of hydrogen-bond acceptors (Lipinski definition) is 10. The van der Waals surface area contributed by atoms with Crippen molar-refractivity contribution in [1.82, 2.24) is 25.2 Å². The van der Waals surface area contributed by atoms with E-state index in [4.69, 9.17) is 10.1 Å². The Bertz CT molecular complexity index is 1290. The minimum Gasteiger partial charge on any atom is -0.473 e. The van der Waals surface area contributed by atoms with Crippen molar-refractivity contribution in [3.63, 3.8) is 0 Å². The summed E-state index contributed by atoms with van der Waals surface area (Å²) in [5.74, 6) is 1.19. The number of likely N-dealkylation sites (tertiary alicyclic amines) is 1. The van der Waals surface area contributed by atoms with Crippen molar-refractivity contribution in [1.29, 1.82) is 5.41 Å². The largest absolute Gasteiger partial charge is 0.473 e. The smallest absolute Gasteiger partial charge is 0.256 e. The van der Waals surface area contributed by atoms with Gasteiger partial charge in [-0.15, -0.1) is 6.58 Å².